The van der Waals surface area contributed by atoms with Crippen molar-refractivity contribution in [3.05, 3.63) is 54.5 Å². The minimum atomic E-state index is -0.566. The molecule has 1 aromatic heterocycles. The van der Waals surface area contributed by atoms with Crippen LogP contribution in [0.3, 0.4) is 0 Å². The third-order valence-electron chi connectivity index (χ3n) is 6.02. The maximum atomic E-state index is 14.7. The molecule has 0 bridgehead atoms. The van der Waals surface area contributed by atoms with Gasteiger partial charge in [-0.3, -0.25) is 19.5 Å². The van der Waals surface area contributed by atoms with Crippen molar-refractivity contribution < 1.29 is 28.2 Å². The first-order valence-corrected chi connectivity index (χ1v) is 13.1. The molecule has 1 unspecified atom stereocenters. The molecule has 2 N–H and O–H groups in total. The average Bonchev–Trinajstić information content (AvgIpc) is 3.73. The van der Waals surface area contributed by atoms with Crippen LogP contribution < -0.4 is 20.1 Å². The molecule has 0 spiro atoms. The SMILES string of the molecule is CC(CNCCCOc1ccc2c(Oc3ccc(NC(=O)C4CC4)cc3F)ccnc2c1)OC(=O)CN(C)C. The summed E-state index contributed by atoms with van der Waals surface area (Å²) in [7, 11) is 3.65. The van der Waals surface area contributed by atoms with Gasteiger partial charge in [-0.05, 0) is 77.2 Å². The van der Waals surface area contributed by atoms with Crippen LogP contribution in [0.1, 0.15) is 26.2 Å². The van der Waals surface area contributed by atoms with Crippen molar-refractivity contribution in [2.24, 2.45) is 5.92 Å². The minimum absolute atomic E-state index is 0.0395. The number of hydrogen-bond donors (Lipinski definition) is 2. The zero-order valence-electron chi connectivity index (χ0n) is 22.5. The molecule has 1 saturated carbocycles. The number of ether oxygens (including phenoxy) is 3. The Morgan fingerprint density at radius 1 is 1.13 bits per heavy atom. The number of fused-ring (bicyclic) bond motifs is 1. The van der Waals surface area contributed by atoms with Gasteiger partial charge in [-0.1, -0.05) is 0 Å². The molecule has 1 heterocycles. The summed E-state index contributed by atoms with van der Waals surface area (Å²) in [4.78, 5) is 29.8. The highest BCUT2D eigenvalue weighted by atomic mass is 19.1. The van der Waals surface area contributed by atoms with Crippen molar-refractivity contribution in [3.63, 3.8) is 0 Å². The lowest BCUT2D eigenvalue weighted by molar-refractivity contribution is -0.148. The molecule has 2 aromatic carbocycles. The summed E-state index contributed by atoms with van der Waals surface area (Å²) in [5.41, 5.74) is 1.07. The Morgan fingerprint density at radius 2 is 1.95 bits per heavy atom. The van der Waals surface area contributed by atoms with Crippen LogP contribution >= 0.6 is 0 Å². The first kappa shape index (κ1) is 28.3. The fourth-order valence-corrected chi connectivity index (χ4v) is 3.90. The molecule has 1 atom stereocenters. The molecule has 9 nitrogen and oxygen atoms in total. The number of pyridine rings is 1. The maximum absolute atomic E-state index is 14.7. The number of halogens is 1. The zero-order valence-corrected chi connectivity index (χ0v) is 22.5. The molecular weight excluding hydrogens is 503 g/mol. The highest BCUT2D eigenvalue weighted by Gasteiger charge is 2.29. The third kappa shape index (κ3) is 8.62. The average molecular weight is 539 g/mol. The van der Waals surface area contributed by atoms with Crippen LogP contribution in [0.25, 0.3) is 10.9 Å². The summed E-state index contributed by atoms with van der Waals surface area (Å²) in [6, 6.07) is 11.5. The molecule has 1 fully saturated rings. The van der Waals surface area contributed by atoms with Gasteiger partial charge in [-0.15, -0.1) is 0 Å². The van der Waals surface area contributed by atoms with Crippen LogP contribution in [0, 0.1) is 11.7 Å². The summed E-state index contributed by atoms with van der Waals surface area (Å²) in [5, 5.41) is 6.72. The van der Waals surface area contributed by atoms with E-state index in [2.05, 4.69) is 15.6 Å². The van der Waals surface area contributed by atoms with E-state index in [9.17, 15) is 14.0 Å². The van der Waals surface area contributed by atoms with Crippen molar-refractivity contribution in [3.8, 4) is 17.2 Å². The van der Waals surface area contributed by atoms with E-state index in [1.807, 2.05) is 39.2 Å². The number of nitrogens with zero attached hydrogens (tertiary/aromatic N) is 2. The Bertz CT molecular complexity index is 1300. The number of rotatable bonds is 14. The fourth-order valence-electron chi connectivity index (χ4n) is 3.90. The van der Waals surface area contributed by atoms with Gasteiger partial charge in [0.25, 0.3) is 0 Å². The number of carbonyl (C=O) groups is 2. The topological polar surface area (TPSA) is 102 Å². The number of aromatic nitrogens is 1. The van der Waals surface area contributed by atoms with Crippen LogP contribution in [0.5, 0.6) is 17.2 Å². The molecule has 0 saturated heterocycles. The van der Waals surface area contributed by atoms with E-state index in [1.54, 1.807) is 23.2 Å². The Labute approximate surface area is 227 Å². The van der Waals surface area contributed by atoms with Gasteiger partial charge in [-0.2, -0.15) is 0 Å². The van der Waals surface area contributed by atoms with Gasteiger partial charge >= 0.3 is 5.97 Å². The van der Waals surface area contributed by atoms with Crippen molar-refractivity contribution >= 4 is 28.5 Å². The molecule has 0 radical (unpaired) electrons. The van der Waals surface area contributed by atoms with E-state index in [-0.39, 0.29) is 36.2 Å². The number of hydrogen-bond acceptors (Lipinski definition) is 8. The van der Waals surface area contributed by atoms with Gasteiger partial charge in [-0.25, -0.2) is 4.39 Å². The van der Waals surface area contributed by atoms with Gasteiger partial charge in [0.15, 0.2) is 11.6 Å². The standard InChI is InChI=1S/C29H35FN4O5/c1-19(38-28(35)18-34(2)3)17-31-12-4-14-37-22-8-9-23-25(16-22)32-13-11-26(23)39-27-10-7-21(15-24(27)30)33-29(36)20-5-6-20/h7-11,13,15-16,19-20,31H,4-6,12,14,17-18H2,1-3H3,(H,33,36). The molecule has 1 aliphatic rings. The second kappa shape index (κ2) is 13.3. The normalized spacial score (nSPS) is 13.8. The summed E-state index contributed by atoms with van der Waals surface area (Å²) in [5.74, 6) is 0.339. The van der Waals surface area contributed by atoms with Crippen LogP contribution in [0.2, 0.25) is 0 Å². The quantitative estimate of drug-likeness (QED) is 0.231. The number of esters is 1. The van der Waals surface area contributed by atoms with Gasteiger partial charge < -0.3 is 24.8 Å². The fraction of sp³-hybridized carbons (Fsp3) is 0.414. The molecule has 1 amide bonds. The third-order valence-corrected chi connectivity index (χ3v) is 6.02. The molecule has 10 heteroatoms. The zero-order chi connectivity index (χ0) is 27.8. The largest absolute Gasteiger partial charge is 0.493 e. The first-order chi connectivity index (χ1) is 18.8. The predicted molar refractivity (Wildman–Crippen MR) is 147 cm³/mol. The molecule has 1 aliphatic carbocycles. The Kier molecular flexibility index (Phi) is 9.67. The monoisotopic (exact) mass is 538 g/mol. The van der Waals surface area contributed by atoms with Crippen molar-refractivity contribution in [2.75, 3.05) is 45.7 Å². The maximum Gasteiger partial charge on any atom is 0.320 e. The molecule has 208 valence electrons. The lowest BCUT2D eigenvalue weighted by Gasteiger charge is -2.16. The molecular formula is C29H35FN4O5. The predicted octanol–water partition coefficient (Wildman–Crippen LogP) is 4.37. The number of anilines is 1. The van der Waals surface area contributed by atoms with E-state index < -0.39 is 5.82 Å². The number of nitrogens with one attached hydrogen (secondary N) is 2. The highest BCUT2D eigenvalue weighted by Crippen LogP contribution is 2.34. The summed E-state index contributed by atoms with van der Waals surface area (Å²) >= 11 is 0. The van der Waals surface area contributed by atoms with E-state index in [0.29, 0.717) is 42.4 Å². The van der Waals surface area contributed by atoms with Crippen molar-refractivity contribution in [1.82, 2.24) is 15.2 Å². The number of likely N-dealkylation sites (N-methyl/N-ethyl adjacent to an activating group) is 1. The number of amides is 1. The van der Waals surface area contributed by atoms with Gasteiger partial charge in [0.05, 0.1) is 18.7 Å². The summed E-state index contributed by atoms with van der Waals surface area (Å²) in [6.45, 7) is 3.90. The molecule has 4 rings (SSSR count). The molecule has 0 aliphatic heterocycles. The van der Waals surface area contributed by atoms with E-state index in [0.717, 1.165) is 24.6 Å². The van der Waals surface area contributed by atoms with Crippen LogP contribution in [0.4, 0.5) is 10.1 Å². The minimum Gasteiger partial charge on any atom is -0.493 e. The van der Waals surface area contributed by atoms with Gasteiger partial charge in [0, 0.05) is 41.9 Å². The second-order valence-corrected chi connectivity index (χ2v) is 9.94. The Morgan fingerprint density at radius 3 is 2.69 bits per heavy atom. The van der Waals surface area contributed by atoms with Crippen LogP contribution in [-0.2, 0) is 14.3 Å². The molecule has 39 heavy (non-hydrogen) atoms. The molecule has 3 aromatic rings. The van der Waals surface area contributed by atoms with Gasteiger partial charge in [0.1, 0.15) is 17.6 Å². The van der Waals surface area contributed by atoms with E-state index in [4.69, 9.17) is 14.2 Å². The van der Waals surface area contributed by atoms with E-state index in [1.165, 1.54) is 12.1 Å². The second-order valence-electron chi connectivity index (χ2n) is 9.94. The first-order valence-electron chi connectivity index (χ1n) is 13.1. The van der Waals surface area contributed by atoms with Crippen LogP contribution in [-0.4, -0.2) is 68.2 Å². The summed E-state index contributed by atoms with van der Waals surface area (Å²) < 4.78 is 31.8. The smallest absolute Gasteiger partial charge is 0.320 e. The lowest BCUT2D eigenvalue weighted by atomic mass is 10.2. The van der Waals surface area contributed by atoms with Crippen molar-refractivity contribution in [2.45, 2.75) is 32.3 Å². The highest BCUT2D eigenvalue weighted by molar-refractivity contribution is 5.94. The van der Waals surface area contributed by atoms with Crippen molar-refractivity contribution in [1.29, 1.82) is 0 Å². The lowest BCUT2D eigenvalue weighted by Crippen LogP contribution is -2.33. The van der Waals surface area contributed by atoms with Gasteiger partial charge in [0.2, 0.25) is 5.91 Å². The Hall–Kier alpha value is -3.76. The van der Waals surface area contributed by atoms with Crippen LogP contribution in [0.15, 0.2) is 48.7 Å². The number of carbonyl (C=O) groups excluding carboxylic acids is 2. The number of benzene rings is 2. The summed E-state index contributed by atoms with van der Waals surface area (Å²) in [6.07, 6.45) is 3.92. The Balaban J connectivity index is 1.25. The van der Waals surface area contributed by atoms with E-state index >= 15 is 0 Å².